The zero-order valence-electron chi connectivity index (χ0n) is 13.6. The number of aliphatic carboxylic acids is 1. The Balaban J connectivity index is 2.07. The number of hydrazine groups is 1. The molecule has 0 aliphatic carbocycles. The number of aldehydes is 1. The summed E-state index contributed by atoms with van der Waals surface area (Å²) >= 11 is 0. The van der Waals surface area contributed by atoms with Crippen molar-refractivity contribution in [2.75, 3.05) is 18.2 Å². The maximum absolute atomic E-state index is 11.8. The van der Waals surface area contributed by atoms with Crippen LogP contribution in [0.25, 0.3) is 0 Å². The summed E-state index contributed by atoms with van der Waals surface area (Å²) < 4.78 is 5.02. The lowest BCUT2D eigenvalue weighted by molar-refractivity contribution is -0.143. The summed E-state index contributed by atoms with van der Waals surface area (Å²) in [6.07, 6.45) is 1.10. The number of fused-ring (bicyclic) bond motifs is 1. The highest BCUT2D eigenvalue weighted by Crippen LogP contribution is 2.37. The Morgan fingerprint density at radius 3 is 2.88 bits per heavy atom. The molecule has 1 aliphatic heterocycles. The van der Waals surface area contributed by atoms with Gasteiger partial charge in [0.15, 0.2) is 0 Å². The molecule has 0 saturated heterocycles. The molecule has 0 fully saturated rings. The number of para-hydroxylation sites is 1. The van der Waals surface area contributed by atoms with E-state index in [0.717, 1.165) is 11.3 Å². The molecule has 24 heavy (non-hydrogen) atoms. The Hall–Kier alpha value is -2.41. The molecule has 0 amide bonds. The van der Waals surface area contributed by atoms with E-state index >= 15 is 0 Å². The van der Waals surface area contributed by atoms with Gasteiger partial charge in [-0.05, 0) is 25.0 Å². The normalized spacial score (nSPS) is 17.2. The van der Waals surface area contributed by atoms with Crippen molar-refractivity contribution < 1.29 is 24.2 Å². The fraction of sp³-hybridized carbons (Fsp3) is 0.471. The highest BCUT2D eigenvalue weighted by atomic mass is 16.5. The van der Waals surface area contributed by atoms with E-state index in [2.05, 4.69) is 5.43 Å². The quantitative estimate of drug-likeness (QED) is 0.521. The minimum atomic E-state index is -0.939. The molecule has 0 aromatic heterocycles. The molecule has 0 bridgehead atoms. The van der Waals surface area contributed by atoms with Crippen molar-refractivity contribution >= 4 is 23.9 Å². The van der Waals surface area contributed by atoms with Gasteiger partial charge in [0.25, 0.3) is 0 Å². The molecule has 1 heterocycles. The van der Waals surface area contributed by atoms with Crippen LogP contribution >= 0.6 is 0 Å². The summed E-state index contributed by atoms with van der Waals surface area (Å²) in [5.41, 5.74) is 4.97. The number of nitrogens with zero attached hydrogens (tertiary/aromatic N) is 1. The van der Waals surface area contributed by atoms with Crippen molar-refractivity contribution in [1.82, 2.24) is 5.43 Å². The van der Waals surface area contributed by atoms with Crippen LogP contribution in [0.15, 0.2) is 24.3 Å². The summed E-state index contributed by atoms with van der Waals surface area (Å²) in [5.74, 6) is -1.22. The van der Waals surface area contributed by atoms with Crippen LogP contribution in [0.2, 0.25) is 0 Å². The third kappa shape index (κ3) is 4.55. The lowest BCUT2D eigenvalue weighted by atomic mass is 9.98. The predicted molar refractivity (Wildman–Crippen MR) is 87.6 cm³/mol. The Morgan fingerprint density at radius 1 is 1.46 bits per heavy atom. The molecule has 7 heteroatoms. The van der Waals surface area contributed by atoms with Crippen molar-refractivity contribution in [3.8, 4) is 0 Å². The topological polar surface area (TPSA) is 95.9 Å². The largest absolute Gasteiger partial charge is 0.481 e. The molecule has 2 atom stereocenters. The lowest BCUT2D eigenvalue weighted by Crippen LogP contribution is -2.45. The number of rotatable bonds is 9. The van der Waals surface area contributed by atoms with Gasteiger partial charge in [0.05, 0.1) is 24.8 Å². The number of carboxylic acid groups (broad SMARTS) is 1. The van der Waals surface area contributed by atoms with Crippen molar-refractivity contribution in [1.29, 1.82) is 0 Å². The minimum absolute atomic E-state index is 0.0282. The number of carbonyl (C=O) groups excluding carboxylic acids is 2. The van der Waals surface area contributed by atoms with Gasteiger partial charge in [-0.3, -0.25) is 9.59 Å². The fourth-order valence-electron chi connectivity index (χ4n) is 2.86. The molecule has 2 rings (SSSR count). The number of anilines is 1. The second-order valence-electron chi connectivity index (χ2n) is 5.68. The van der Waals surface area contributed by atoms with E-state index in [4.69, 9.17) is 9.84 Å². The zero-order chi connectivity index (χ0) is 17.5. The van der Waals surface area contributed by atoms with Gasteiger partial charge >= 0.3 is 11.9 Å². The number of carbonyl (C=O) groups is 3. The van der Waals surface area contributed by atoms with Gasteiger partial charge in [0.2, 0.25) is 0 Å². The van der Waals surface area contributed by atoms with E-state index in [1.165, 1.54) is 0 Å². The number of hydrogen-bond donors (Lipinski definition) is 2. The second kappa shape index (κ2) is 8.44. The molecule has 0 saturated carbocycles. The highest BCUT2D eigenvalue weighted by molar-refractivity contribution is 5.73. The number of benzene rings is 1. The van der Waals surface area contributed by atoms with E-state index < -0.39 is 12.0 Å². The first-order valence-corrected chi connectivity index (χ1v) is 8.00. The first-order valence-electron chi connectivity index (χ1n) is 8.00. The molecule has 1 aromatic rings. The predicted octanol–water partition coefficient (Wildman–Crippen LogP) is 1.48. The smallest absolute Gasteiger partial charge is 0.306 e. The van der Waals surface area contributed by atoms with Crippen molar-refractivity contribution in [3.05, 3.63) is 29.8 Å². The van der Waals surface area contributed by atoms with Gasteiger partial charge in [-0.15, -0.1) is 0 Å². The van der Waals surface area contributed by atoms with E-state index in [-0.39, 0.29) is 31.1 Å². The van der Waals surface area contributed by atoms with E-state index in [0.29, 0.717) is 19.4 Å². The van der Waals surface area contributed by atoms with Crippen LogP contribution in [-0.4, -0.2) is 42.5 Å². The van der Waals surface area contributed by atoms with E-state index in [1.807, 2.05) is 29.3 Å². The maximum Gasteiger partial charge on any atom is 0.306 e. The molecule has 1 aromatic carbocycles. The summed E-state index contributed by atoms with van der Waals surface area (Å²) in [7, 11) is 0. The highest BCUT2D eigenvalue weighted by Gasteiger charge is 2.31. The number of hydrogen-bond acceptors (Lipinski definition) is 6. The molecule has 7 nitrogen and oxygen atoms in total. The Bertz CT molecular complexity index is 604. The average molecular weight is 334 g/mol. The SMILES string of the molecule is CCOC(=O)CC1CN(N[C@H](C=O)CCC(=O)O)c2ccccc21. The Labute approximate surface area is 140 Å². The van der Waals surface area contributed by atoms with Crippen LogP contribution in [0.5, 0.6) is 0 Å². The summed E-state index contributed by atoms with van der Waals surface area (Å²) in [6, 6.07) is 7.06. The second-order valence-corrected chi connectivity index (χ2v) is 5.68. The molecule has 1 unspecified atom stereocenters. The van der Waals surface area contributed by atoms with Crippen LogP contribution in [0.1, 0.15) is 37.7 Å². The molecule has 130 valence electrons. The fourth-order valence-corrected chi connectivity index (χ4v) is 2.86. The van der Waals surface area contributed by atoms with Gasteiger partial charge in [-0.2, -0.15) is 0 Å². The van der Waals surface area contributed by atoms with Gasteiger partial charge in [-0.25, -0.2) is 5.43 Å². The lowest BCUT2D eigenvalue weighted by Gasteiger charge is -2.24. The van der Waals surface area contributed by atoms with Crippen molar-refractivity contribution in [3.63, 3.8) is 0 Å². The first kappa shape index (κ1) is 17.9. The van der Waals surface area contributed by atoms with Crippen LogP contribution in [0, 0.1) is 0 Å². The van der Waals surface area contributed by atoms with E-state index in [9.17, 15) is 14.4 Å². The van der Waals surface area contributed by atoms with Crippen LogP contribution in [0.3, 0.4) is 0 Å². The molecule has 1 aliphatic rings. The van der Waals surface area contributed by atoms with Gasteiger partial charge < -0.3 is 19.6 Å². The van der Waals surface area contributed by atoms with E-state index in [1.54, 1.807) is 6.92 Å². The summed E-state index contributed by atoms with van der Waals surface area (Å²) in [6.45, 7) is 2.64. The summed E-state index contributed by atoms with van der Waals surface area (Å²) in [5, 5.41) is 10.6. The van der Waals surface area contributed by atoms with Crippen molar-refractivity contribution in [2.24, 2.45) is 0 Å². The van der Waals surface area contributed by atoms with Gasteiger partial charge in [0, 0.05) is 18.9 Å². The van der Waals surface area contributed by atoms with Crippen LogP contribution in [-0.2, 0) is 19.1 Å². The Morgan fingerprint density at radius 2 is 2.21 bits per heavy atom. The minimum Gasteiger partial charge on any atom is -0.481 e. The maximum atomic E-state index is 11.8. The average Bonchev–Trinajstić information content (AvgIpc) is 2.89. The molecular formula is C17H22N2O5. The molecule has 0 radical (unpaired) electrons. The van der Waals surface area contributed by atoms with Crippen LogP contribution in [0.4, 0.5) is 5.69 Å². The third-order valence-corrected chi connectivity index (χ3v) is 3.94. The molecule has 0 spiro atoms. The molecule has 2 N–H and O–H groups in total. The first-order chi connectivity index (χ1) is 11.5. The number of ether oxygens (including phenoxy) is 1. The number of carboxylic acids is 1. The third-order valence-electron chi connectivity index (χ3n) is 3.94. The molecular weight excluding hydrogens is 312 g/mol. The van der Waals surface area contributed by atoms with Crippen LogP contribution < -0.4 is 10.4 Å². The zero-order valence-corrected chi connectivity index (χ0v) is 13.6. The van der Waals surface area contributed by atoms with Crippen molar-refractivity contribution in [2.45, 2.75) is 38.1 Å². The van der Waals surface area contributed by atoms with Gasteiger partial charge in [0.1, 0.15) is 6.29 Å². The monoisotopic (exact) mass is 334 g/mol. The Kier molecular flexibility index (Phi) is 6.31. The standard InChI is InChI=1S/C17H22N2O5/c1-2-24-17(23)9-12-10-19(15-6-4-3-5-14(12)15)18-13(11-20)7-8-16(21)22/h3-6,11-13,18H,2,7-10H2,1H3,(H,21,22)/t12?,13-/m0/s1. The number of esters is 1. The summed E-state index contributed by atoms with van der Waals surface area (Å²) in [4.78, 5) is 33.7. The number of nitrogens with one attached hydrogen (secondary N) is 1. The van der Waals surface area contributed by atoms with Gasteiger partial charge in [-0.1, -0.05) is 18.2 Å².